The monoisotopic (exact) mass is 577 g/mol. The standard InChI is InChI=1S/C37H39NO5/c1-3-15-36(41)17-13-30-28-12-16-35(40)23-37(42-19-20-43-37)18-14-31(35)32(28)29(21-34(30,36)2)25-8-10-27(11-9-25)33(39)26-6-4-24(22-38)5-7-26/h4-11,28-30,40-41H,12-14,16-21,23H2,1-2H3/t28-,29+,30-,34-,35+,36-/m0/s1. The van der Waals surface area contributed by atoms with Crippen LogP contribution in [0.3, 0.4) is 0 Å². The van der Waals surface area contributed by atoms with Crippen LogP contribution in [0.2, 0.25) is 0 Å². The first-order chi connectivity index (χ1) is 20.6. The first-order valence-corrected chi connectivity index (χ1v) is 15.7. The topological polar surface area (TPSA) is 99.8 Å². The van der Waals surface area contributed by atoms with Crippen LogP contribution in [-0.4, -0.2) is 46.2 Å². The molecule has 2 aromatic carbocycles. The Labute approximate surface area is 253 Å². The van der Waals surface area contributed by atoms with E-state index in [2.05, 4.69) is 37.0 Å². The summed E-state index contributed by atoms with van der Waals surface area (Å²) in [5.74, 6) is 6.00. The molecule has 6 nitrogen and oxygen atoms in total. The van der Waals surface area contributed by atoms with E-state index in [9.17, 15) is 15.0 Å². The number of ketones is 1. The van der Waals surface area contributed by atoms with Gasteiger partial charge in [-0.2, -0.15) is 5.26 Å². The van der Waals surface area contributed by atoms with E-state index in [0.717, 1.165) is 43.2 Å². The molecule has 5 aliphatic rings. The van der Waals surface area contributed by atoms with Crippen molar-refractivity contribution in [3.05, 3.63) is 81.9 Å². The number of rotatable bonds is 3. The van der Waals surface area contributed by atoms with E-state index in [1.807, 2.05) is 12.1 Å². The van der Waals surface area contributed by atoms with Gasteiger partial charge in [-0.15, -0.1) is 5.92 Å². The summed E-state index contributed by atoms with van der Waals surface area (Å²) in [7, 11) is 0. The molecule has 3 saturated carbocycles. The van der Waals surface area contributed by atoms with Gasteiger partial charge in [-0.05, 0) is 92.7 Å². The second kappa shape index (κ2) is 10.1. The summed E-state index contributed by atoms with van der Waals surface area (Å²) in [5, 5.41) is 33.3. The molecule has 7 rings (SSSR count). The third-order valence-corrected chi connectivity index (χ3v) is 11.6. The Morgan fingerprint density at radius 2 is 1.63 bits per heavy atom. The van der Waals surface area contributed by atoms with Gasteiger partial charge in [0.25, 0.3) is 0 Å². The van der Waals surface area contributed by atoms with Crippen molar-refractivity contribution in [2.45, 2.75) is 88.1 Å². The molecule has 0 unspecified atom stereocenters. The van der Waals surface area contributed by atoms with Gasteiger partial charge >= 0.3 is 0 Å². The Balaban J connectivity index is 1.29. The third-order valence-electron chi connectivity index (χ3n) is 11.6. The molecule has 2 N–H and O–H groups in total. The van der Waals surface area contributed by atoms with E-state index < -0.39 is 22.4 Å². The van der Waals surface area contributed by atoms with Crippen molar-refractivity contribution in [1.82, 2.24) is 0 Å². The minimum absolute atomic E-state index is 0.00474. The number of carbonyl (C=O) groups is 1. The summed E-state index contributed by atoms with van der Waals surface area (Å²) >= 11 is 0. The van der Waals surface area contributed by atoms with E-state index in [1.165, 1.54) is 5.57 Å². The lowest BCUT2D eigenvalue weighted by Crippen LogP contribution is -2.55. The van der Waals surface area contributed by atoms with Crippen LogP contribution in [-0.2, 0) is 9.47 Å². The van der Waals surface area contributed by atoms with Crippen molar-refractivity contribution >= 4 is 5.78 Å². The zero-order valence-corrected chi connectivity index (χ0v) is 25.0. The summed E-state index contributed by atoms with van der Waals surface area (Å²) in [6, 6.07) is 16.7. The van der Waals surface area contributed by atoms with E-state index in [1.54, 1.807) is 31.2 Å². The molecule has 0 aromatic heterocycles. The molecule has 1 aliphatic heterocycles. The maximum Gasteiger partial charge on any atom is 0.193 e. The Kier molecular flexibility index (Phi) is 6.73. The number of fused-ring (bicyclic) bond motifs is 4. The Morgan fingerprint density at radius 1 is 0.953 bits per heavy atom. The molecule has 0 amide bonds. The molecule has 1 saturated heterocycles. The number of ether oxygens (including phenoxy) is 2. The fourth-order valence-corrected chi connectivity index (χ4v) is 9.46. The fourth-order valence-electron chi connectivity index (χ4n) is 9.46. The van der Waals surface area contributed by atoms with Gasteiger partial charge in [0.1, 0.15) is 5.60 Å². The maximum atomic E-state index is 13.3. The average Bonchev–Trinajstić information content (AvgIpc) is 3.57. The molecule has 6 heteroatoms. The highest BCUT2D eigenvalue weighted by Crippen LogP contribution is 2.67. The van der Waals surface area contributed by atoms with Crippen LogP contribution in [0.25, 0.3) is 0 Å². The molecule has 4 fully saturated rings. The van der Waals surface area contributed by atoms with Crippen LogP contribution in [0.1, 0.15) is 98.2 Å². The minimum atomic E-state index is -1.05. The van der Waals surface area contributed by atoms with Crippen molar-refractivity contribution in [3.63, 3.8) is 0 Å². The van der Waals surface area contributed by atoms with Crippen molar-refractivity contribution in [3.8, 4) is 17.9 Å². The Hall–Kier alpha value is -3.26. The lowest BCUT2D eigenvalue weighted by Gasteiger charge is -2.57. The summed E-state index contributed by atoms with van der Waals surface area (Å²) in [4.78, 5) is 13.3. The van der Waals surface area contributed by atoms with Crippen LogP contribution in [0.15, 0.2) is 59.7 Å². The van der Waals surface area contributed by atoms with Crippen molar-refractivity contribution < 1.29 is 24.5 Å². The van der Waals surface area contributed by atoms with Gasteiger partial charge in [0, 0.05) is 35.3 Å². The highest BCUT2D eigenvalue weighted by molar-refractivity contribution is 6.09. The second-order valence-electron chi connectivity index (χ2n) is 13.6. The van der Waals surface area contributed by atoms with Gasteiger partial charge in [0.2, 0.25) is 0 Å². The molecular formula is C37H39NO5. The molecular weight excluding hydrogens is 538 g/mol. The molecule has 2 aromatic rings. The van der Waals surface area contributed by atoms with Gasteiger partial charge in [0.15, 0.2) is 11.6 Å². The maximum absolute atomic E-state index is 13.3. The summed E-state index contributed by atoms with van der Waals surface area (Å²) in [6.45, 7) is 5.16. The van der Waals surface area contributed by atoms with Crippen LogP contribution in [0.5, 0.6) is 0 Å². The van der Waals surface area contributed by atoms with Crippen LogP contribution < -0.4 is 0 Å². The number of nitriles is 1. The number of hydrogen-bond acceptors (Lipinski definition) is 6. The number of hydrogen-bond donors (Lipinski definition) is 2. The Morgan fingerprint density at radius 3 is 2.28 bits per heavy atom. The first-order valence-electron chi connectivity index (χ1n) is 15.7. The third kappa shape index (κ3) is 4.34. The molecule has 0 radical (unpaired) electrons. The molecule has 0 bridgehead atoms. The SMILES string of the molecule is CC#C[C@]1(O)CC[C@H]2[C@@H]3CC[C@@]4(O)CC5(CCC4=C3[C@@H](c3ccc(C(=O)c4ccc(C#N)cc4)cc3)C[C@@]21C)OCCO5. The molecule has 1 heterocycles. The fraction of sp³-hybridized carbons (Fsp3) is 0.514. The smallest absolute Gasteiger partial charge is 0.193 e. The Bertz CT molecular complexity index is 1580. The van der Waals surface area contributed by atoms with Crippen LogP contribution >= 0.6 is 0 Å². The van der Waals surface area contributed by atoms with Gasteiger partial charge in [0.05, 0.1) is 30.4 Å². The van der Waals surface area contributed by atoms with E-state index in [0.29, 0.717) is 49.2 Å². The predicted molar refractivity (Wildman–Crippen MR) is 161 cm³/mol. The van der Waals surface area contributed by atoms with Gasteiger partial charge in [-0.1, -0.05) is 42.7 Å². The number of carbonyl (C=O) groups excluding carboxylic acids is 1. The molecule has 43 heavy (non-hydrogen) atoms. The van der Waals surface area contributed by atoms with E-state index >= 15 is 0 Å². The molecule has 1 spiro atoms. The average molecular weight is 578 g/mol. The van der Waals surface area contributed by atoms with Crippen molar-refractivity contribution in [2.75, 3.05) is 13.2 Å². The van der Waals surface area contributed by atoms with Gasteiger partial charge in [-0.25, -0.2) is 0 Å². The number of allylic oxidation sites excluding steroid dienone is 1. The van der Waals surface area contributed by atoms with Gasteiger partial charge < -0.3 is 19.7 Å². The lowest BCUT2D eigenvalue weighted by molar-refractivity contribution is -0.208. The summed E-state index contributed by atoms with van der Waals surface area (Å²) in [6.07, 6.45) is 5.76. The van der Waals surface area contributed by atoms with Crippen molar-refractivity contribution in [1.29, 1.82) is 5.26 Å². The van der Waals surface area contributed by atoms with Crippen LogP contribution in [0.4, 0.5) is 0 Å². The number of nitrogens with zero attached hydrogens (tertiary/aromatic N) is 1. The van der Waals surface area contributed by atoms with E-state index in [-0.39, 0.29) is 23.5 Å². The minimum Gasteiger partial charge on any atom is -0.385 e. The van der Waals surface area contributed by atoms with Gasteiger partial charge in [-0.3, -0.25) is 4.79 Å². The second-order valence-corrected chi connectivity index (χ2v) is 13.6. The first kappa shape index (κ1) is 28.5. The summed E-state index contributed by atoms with van der Waals surface area (Å²) in [5.41, 5.74) is 2.82. The molecule has 4 aliphatic carbocycles. The number of aliphatic hydroxyl groups is 2. The normalized spacial score (nSPS) is 35.7. The largest absolute Gasteiger partial charge is 0.385 e. The quantitative estimate of drug-likeness (QED) is 0.271. The zero-order chi connectivity index (χ0) is 30.0. The zero-order valence-electron chi connectivity index (χ0n) is 25.0. The lowest BCUT2D eigenvalue weighted by atomic mass is 9.49. The van der Waals surface area contributed by atoms with E-state index in [4.69, 9.17) is 14.7 Å². The predicted octanol–water partition coefficient (Wildman–Crippen LogP) is 5.81. The highest BCUT2D eigenvalue weighted by Gasteiger charge is 2.64. The number of benzene rings is 2. The molecule has 222 valence electrons. The summed E-state index contributed by atoms with van der Waals surface area (Å²) < 4.78 is 12.1. The van der Waals surface area contributed by atoms with Crippen molar-refractivity contribution in [2.24, 2.45) is 17.3 Å². The van der Waals surface area contributed by atoms with Crippen LogP contribution in [0, 0.1) is 40.4 Å². The molecule has 6 atom stereocenters. The highest BCUT2D eigenvalue weighted by atomic mass is 16.7.